The van der Waals surface area contributed by atoms with Gasteiger partial charge in [-0.05, 0) is 24.4 Å². The maximum atomic E-state index is 13.5. The van der Waals surface area contributed by atoms with Crippen LogP contribution in [0.15, 0.2) is 35.7 Å². The molecule has 1 atom stereocenters. The highest BCUT2D eigenvalue weighted by atomic mass is 32.1. The molecule has 1 unspecified atom stereocenters. The van der Waals surface area contributed by atoms with Crippen molar-refractivity contribution in [1.29, 1.82) is 0 Å². The van der Waals surface area contributed by atoms with Gasteiger partial charge in [-0.25, -0.2) is 4.39 Å². The number of aliphatic hydroxyl groups is 1. The number of aliphatic hydroxyl groups excluding tert-OH is 1. The van der Waals surface area contributed by atoms with Gasteiger partial charge in [-0.3, -0.25) is 0 Å². The monoisotopic (exact) mass is 236 g/mol. The van der Waals surface area contributed by atoms with Crippen molar-refractivity contribution in [1.82, 2.24) is 0 Å². The van der Waals surface area contributed by atoms with Crippen molar-refractivity contribution in [2.75, 3.05) is 0 Å². The lowest BCUT2D eigenvalue weighted by atomic mass is 10.0. The molecule has 1 aromatic carbocycles. The van der Waals surface area contributed by atoms with Crippen LogP contribution in [0.1, 0.15) is 22.1 Å². The fourth-order valence-corrected chi connectivity index (χ4v) is 2.39. The van der Waals surface area contributed by atoms with Crippen LogP contribution in [0.2, 0.25) is 0 Å². The third kappa shape index (κ3) is 2.49. The molecular weight excluding hydrogens is 223 g/mol. The largest absolute Gasteiger partial charge is 0.388 e. The number of aryl methyl sites for hydroxylation is 1. The van der Waals surface area contributed by atoms with Crippen LogP contribution in [-0.2, 0) is 6.42 Å². The lowest BCUT2D eigenvalue weighted by Crippen LogP contribution is -2.03. The number of halogens is 1. The van der Waals surface area contributed by atoms with Gasteiger partial charge in [0.1, 0.15) is 5.82 Å². The lowest BCUT2D eigenvalue weighted by molar-refractivity contribution is 0.174. The first-order valence-corrected chi connectivity index (χ1v) is 6.01. The summed E-state index contributed by atoms with van der Waals surface area (Å²) < 4.78 is 13.5. The summed E-state index contributed by atoms with van der Waals surface area (Å²) >= 11 is 1.57. The van der Waals surface area contributed by atoms with Gasteiger partial charge in [0.2, 0.25) is 0 Å². The zero-order valence-corrected chi connectivity index (χ0v) is 9.80. The molecule has 2 aromatic rings. The first-order chi connectivity index (χ1) is 7.66. The topological polar surface area (TPSA) is 20.2 Å². The zero-order chi connectivity index (χ0) is 11.5. The molecule has 84 valence electrons. The number of hydrogen-bond donors (Lipinski definition) is 1. The van der Waals surface area contributed by atoms with E-state index in [9.17, 15) is 9.50 Å². The first-order valence-electron chi connectivity index (χ1n) is 5.13. The second-order valence-electron chi connectivity index (χ2n) is 3.82. The Morgan fingerprint density at radius 2 is 2.19 bits per heavy atom. The smallest absolute Gasteiger partial charge is 0.129 e. The fraction of sp³-hybridized carbons (Fsp3) is 0.231. The molecule has 1 N–H and O–H groups in total. The lowest BCUT2D eigenvalue weighted by Gasteiger charge is -2.11. The molecule has 1 heterocycles. The molecule has 0 aliphatic heterocycles. The molecule has 0 amide bonds. The first kappa shape index (κ1) is 11.3. The fourth-order valence-electron chi connectivity index (χ4n) is 1.65. The summed E-state index contributed by atoms with van der Waals surface area (Å²) in [4.78, 5) is 1.06. The Bertz CT molecular complexity index is 465. The summed E-state index contributed by atoms with van der Waals surface area (Å²) in [6.07, 6.45) is -0.295. The minimum atomic E-state index is -0.765. The Hall–Kier alpha value is -1.19. The van der Waals surface area contributed by atoms with E-state index in [-0.39, 0.29) is 5.82 Å². The van der Waals surface area contributed by atoms with E-state index >= 15 is 0 Å². The van der Waals surface area contributed by atoms with E-state index in [0.29, 0.717) is 12.0 Å². The van der Waals surface area contributed by atoms with Gasteiger partial charge in [-0.2, -0.15) is 0 Å². The molecule has 0 bridgehead atoms. The zero-order valence-electron chi connectivity index (χ0n) is 8.98. The second-order valence-corrected chi connectivity index (χ2v) is 4.86. The average molecular weight is 236 g/mol. The summed E-state index contributed by atoms with van der Waals surface area (Å²) in [7, 11) is 0. The molecule has 1 nitrogen and oxygen atoms in total. The summed E-state index contributed by atoms with van der Waals surface area (Å²) in [6, 6.07) is 8.69. The minimum Gasteiger partial charge on any atom is -0.388 e. The summed E-state index contributed by atoms with van der Waals surface area (Å²) in [5.41, 5.74) is 1.34. The molecule has 16 heavy (non-hydrogen) atoms. The highest BCUT2D eigenvalue weighted by molar-refractivity contribution is 7.09. The Balaban J connectivity index is 2.20. The van der Waals surface area contributed by atoms with Crippen LogP contribution in [0.5, 0.6) is 0 Å². The predicted octanol–water partition coefficient (Wildman–Crippen LogP) is 3.47. The summed E-state index contributed by atoms with van der Waals surface area (Å²) in [5, 5.41) is 11.9. The van der Waals surface area contributed by atoms with E-state index in [1.165, 1.54) is 6.07 Å². The standard InChI is InChI=1S/C13H13FOS/c1-9-4-5-12(14)11(7-9)13(15)8-10-3-2-6-16-10/h2-7,13,15H,8H2,1H3. The van der Waals surface area contributed by atoms with Crippen molar-refractivity contribution in [2.45, 2.75) is 19.4 Å². The van der Waals surface area contributed by atoms with Crippen LogP contribution in [0.25, 0.3) is 0 Å². The van der Waals surface area contributed by atoms with Gasteiger partial charge >= 0.3 is 0 Å². The predicted molar refractivity (Wildman–Crippen MR) is 64.1 cm³/mol. The molecule has 0 saturated heterocycles. The van der Waals surface area contributed by atoms with E-state index in [4.69, 9.17) is 0 Å². The Morgan fingerprint density at radius 3 is 2.88 bits per heavy atom. The van der Waals surface area contributed by atoms with Crippen LogP contribution in [-0.4, -0.2) is 5.11 Å². The van der Waals surface area contributed by atoms with Crippen molar-refractivity contribution in [3.8, 4) is 0 Å². The van der Waals surface area contributed by atoms with Crippen LogP contribution in [0.4, 0.5) is 4.39 Å². The quantitative estimate of drug-likeness (QED) is 0.865. The number of benzene rings is 1. The van der Waals surface area contributed by atoms with E-state index in [2.05, 4.69) is 0 Å². The number of thiophene rings is 1. The summed E-state index contributed by atoms with van der Waals surface area (Å²) in [5.74, 6) is -0.338. The number of hydrogen-bond acceptors (Lipinski definition) is 2. The molecule has 0 saturated carbocycles. The molecule has 0 aliphatic carbocycles. The molecular formula is C13H13FOS. The van der Waals surface area contributed by atoms with E-state index < -0.39 is 6.10 Å². The summed E-state index contributed by atoms with van der Waals surface area (Å²) in [6.45, 7) is 1.89. The maximum Gasteiger partial charge on any atom is 0.129 e. The van der Waals surface area contributed by atoms with Crippen molar-refractivity contribution in [3.05, 3.63) is 57.5 Å². The van der Waals surface area contributed by atoms with Crippen molar-refractivity contribution < 1.29 is 9.50 Å². The van der Waals surface area contributed by atoms with Gasteiger partial charge in [0, 0.05) is 16.9 Å². The Morgan fingerprint density at radius 1 is 1.38 bits per heavy atom. The van der Waals surface area contributed by atoms with E-state index in [1.54, 1.807) is 23.5 Å². The molecule has 3 heteroatoms. The molecule has 1 aromatic heterocycles. The highest BCUT2D eigenvalue weighted by Crippen LogP contribution is 2.24. The third-order valence-electron chi connectivity index (χ3n) is 2.49. The van der Waals surface area contributed by atoms with Crippen LogP contribution in [0.3, 0.4) is 0 Å². The molecule has 0 radical (unpaired) electrons. The van der Waals surface area contributed by atoms with Gasteiger partial charge in [-0.15, -0.1) is 11.3 Å². The highest BCUT2D eigenvalue weighted by Gasteiger charge is 2.13. The third-order valence-corrected chi connectivity index (χ3v) is 3.38. The van der Waals surface area contributed by atoms with Gasteiger partial charge < -0.3 is 5.11 Å². The Kier molecular flexibility index (Phi) is 3.36. The average Bonchev–Trinajstić information content (AvgIpc) is 2.74. The van der Waals surface area contributed by atoms with Gasteiger partial charge in [-0.1, -0.05) is 23.8 Å². The SMILES string of the molecule is Cc1ccc(F)c(C(O)Cc2cccs2)c1. The van der Waals surface area contributed by atoms with Crippen molar-refractivity contribution in [3.63, 3.8) is 0 Å². The van der Waals surface area contributed by atoms with Crippen molar-refractivity contribution in [2.24, 2.45) is 0 Å². The van der Waals surface area contributed by atoms with Crippen LogP contribution < -0.4 is 0 Å². The van der Waals surface area contributed by atoms with Crippen molar-refractivity contribution >= 4 is 11.3 Å². The Labute approximate surface area is 98.2 Å². The molecule has 2 rings (SSSR count). The molecule has 0 spiro atoms. The van der Waals surface area contributed by atoms with E-state index in [0.717, 1.165) is 10.4 Å². The van der Waals surface area contributed by atoms with Gasteiger partial charge in [0.15, 0.2) is 0 Å². The van der Waals surface area contributed by atoms with Gasteiger partial charge in [0.25, 0.3) is 0 Å². The maximum absolute atomic E-state index is 13.5. The minimum absolute atomic E-state index is 0.338. The van der Waals surface area contributed by atoms with Crippen LogP contribution >= 0.6 is 11.3 Å². The van der Waals surface area contributed by atoms with E-state index in [1.807, 2.05) is 24.4 Å². The number of rotatable bonds is 3. The van der Waals surface area contributed by atoms with Gasteiger partial charge in [0.05, 0.1) is 6.10 Å². The molecule has 0 aliphatic rings. The second kappa shape index (κ2) is 4.76. The van der Waals surface area contributed by atoms with Crippen LogP contribution in [0, 0.1) is 12.7 Å². The molecule has 0 fully saturated rings. The normalized spacial score (nSPS) is 12.7.